The van der Waals surface area contributed by atoms with Gasteiger partial charge < -0.3 is 14.9 Å². The third-order valence-electron chi connectivity index (χ3n) is 12.5. The minimum absolute atomic E-state index is 0.0404. The van der Waals surface area contributed by atoms with E-state index in [1.807, 2.05) is 6.92 Å². The minimum atomic E-state index is -0.416. The number of hydrogen-bond donors (Lipinski definition) is 2. The van der Waals surface area contributed by atoms with Crippen LogP contribution in [0.4, 0.5) is 0 Å². The summed E-state index contributed by atoms with van der Waals surface area (Å²) in [6, 6.07) is 0. The molecule has 0 amide bonds. The molecule has 3 unspecified atom stereocenters. The molecule has 0 aromatic carbocycles. The summed E-state index contributed by atoms with van der Waals surface area (Å²) in [5.74, 6) is 0.999. The first-order valence-electron chi connectivity index (χ1n) is 13.7. The van der Waals surface area contributed by atoms with Gasteiger partial charge in [-0.05, 0) is 80.5 Å². The van der Waals surface area contributed by atoms with E-state index in [2.05, 4.69) is 34.6 Å². The summed E-state index contributed by atoms with van der Waals surface area (Å²) in [5, 5.41) is 21.2. The van der Waals surface area contributed by atoms with Gasteiger partial charge in [-0.25, -0.2) is 0 Å². The molecule has 1 aliphatic heterocycles. The van der Waals surface area contributed by atoms with Gasteiger partial charge in [0, 0.05) is 17.3 Å². The van der Waals surface area contributed by atoms with Gasteiger partial charge in [-0.2, -0.15) is 0 Å². The largest absolute Gasteiger partial charge is 0.396 e. The fourth-order valence-corrected chi connectivity index (χ4v) is 10.1. The summed E-state index contributed by atoms with van der Waals surface area (Å²) in [4.78, 5) is 12.6. The Bertz CT molecular complexity index is 879. The molecule has 4 heteroatoms. The van der Waals surface area contributed by atoms with Gasteiger partial charge in [0.25, 0.3) is 0 Å². The maximum atomic E-state index is 12.6. The lowest BCUT2D eigenvalue weighted by atomic mass is 9.42. The molecule has 0 radical (unpaired) electrons. The van der Waals surface area contributed by atoms with Crippen molar-refractivity contribution in [3.63, 3.8) is 0 Å². The van der Waals surface area contributed by atoms with E-state index in [1.165, 1.54) is 0 Å². The highest BCUT2D eigenvalue weighted by Crippen LogP contribution is 2.75. The van der Waals surface area contributed by atoms with Crippen LogP contribution in [0.1, 0.15) is 106 Å². The Morgan fingerprint density at radius 1 is 1.03 bits per heavy atom. The molecule has 2 saturated carbocycles. The van der Waals surface area contributed by atoms with Gasteiger partial charge >= 0.3 is 0 Å². The topological polar surface area (TPSA) is 66.8 Å². The van der Waals surface area contributed by atoms with Crippen molar-refractivity contribution in [3.8, 4) is 0 Å². The normalized spacial score (nSPS) is 53.7. The maximum Gasteiger partial charge on any atom is 0.161 e. The van der Waals surface area contributed by atoms with Crippen LogP contribution in [0.15, 0.2) is 11.1 Å². The van der Waals surface area contributed by atoms with Crippen LogP contribution in [-0.2, 0) is 9.53 Å². The van der Waals surface area contributed by atoms with Crippen molar-refractivity contribution in [1.82, 2.24) is 0 Å². The molecule has 9 atom stereocenters. The van der Waals surface area contributed by atoms with Crippen LogP contribution in [-0.4, -0.2) is 40.4 Å². The van der Waals surface area contributed by atoms with E-state index in [0.717, 1.165) is 57.8 Å². The molecule has 33 heavy (non-hydrogen) atoms. The summed E-state index contributed by atoms with van der Waals surface area (Å²) in [6.07, 6.45) is 9.12. The van der Waals surface area contributed by atoms with Crippen LogP contribution >= 0.6 is 0 Å². The molecular formula is C29H46O4. The average molecular weight is 459 g/mol. The fraction of sp³-hybridized carbons (Fsp3) is 0.897. The quantitative estimate of drug-likeness (QED) is 0.541. The van der Waals surface area contributed by atoms with E-state index in [1.54, 1.807) is 11.1 Å². The maximum absolute atomic E-state index is 12.6. The molecule has 4 nitrogen and oxygen atoms in total. The lowest BCUT2D eigenvalue weighted by Crippen LogP contribution is -2.59. The number of ketones is 1. The Morgan fingerprint density at radius 2 is 1.76 bits per heavy atom. The zero-order valence-electron chi connectivity index (χ0n) is 21.8. The van der Waals surface area contributed by atoms with Gasteiger partial charge in [-0.3, -0.25) is 4.79 Å². The van der Waals surface area contributed by atoms with Gasteiger partial charge in [-0.15, -0.1) is 0 Å². The number of aliphatic hydroxyl groups excluding tert-OH is 2. The summed E-state index contributed by atoms with van der Waals surface area (Å²) in [7, 11) is 0. The molecule has 4 aliphatic carbocycles. The molecular weight excluding hydrogens is 412 g/mol. The molecule has 1 spiro atoms. The van der Waals surface area contributed by atoms with Crippen molar-refractivity contribution >= 4 is 5.78 Å². The molecule has 5 rings (SSSR count). The number of hydrogen-bond acceptors (Lipinski definition) is 4. The van der Waals surface area contributed by atoms with Gasteiger partial charge in [0.2, 0.25) is 0 Å². The summed E-state index contributed by atoms with van der Waals surface area (Å²) < 4.78 is 6.85. The van der Waals surface area contributed by atoms with Crippen molar-refractivity contribution in [2.75, 3.05) is 6.61 Å². The van der Waals surface area contributed by atoms with Crippen LogP contribution in [0.5, 0.6) is 0 Å². The van der Waals surface area contributed by atoms with Crippen molar-refractivity contribution in [2.24, 2.45) is 33.5 Å². The van der Waals surface area contributed by atoms with E-state index < -0.39 is 11.5 Å². The lowest BCUT2D eigenvalue weighted by molar-refractivity contribution is -0.164. The Morgan fingerprint density at radius 3 is 2.42 bits per heavy atom. The fourth-order valence-electron chi connectivity index (χ4n) is 10.1. The molecule has 1 heterocycles. The predicted molar refractivity (Wildman–Crippen MR) is 130 cm³/mol. The highest BCUT2D eigenvalue weighted by molar-refractivity contribution is 5.83. The van der Waals surface area contributed by atoms with Crippen LogP contribution in [0.25, 0.3) is 0 Å². The number of fused-ring (bicyclic) bond motifs is 5. The van der Waals surface area contributed by atoms with Crippen LogP contribution in [0.3, 0.4) is 0 Å². The molecule has 3 fully saturated rings. The third-order valence-corrected chi connectivity index (χ3v) is 12.5. The first-order valence-corrected chi connectivity index (χ1v) is 13.7. The van der Waals surface area contributed by atoms with Crippen LogP contribution in [0, 0.1) is 33.5 Å². The number of allylic oxidation sites excluding steroid dienone is 2. The number of carbonyl (C=O) groups is 1. The Hall–Kier alpha value is -0.710. The molecule has 5 aliphatic rings. The third kappa shape index (κ3) is 2.72. The Kier molecular flexibility index (Phi) is 5.38. The van der Waals surface area contributed by atoms with Gasteiger partial charge in [-0.1, -0.05) is 52.7 Å². The zero-order valence-corrected chi connectivity index (χ0v) is 21.8. The first-order chi connectivity index (χ1) is 15.4. The number of carbonyl (C=O) groups excluding carboxylic acids is 1. The van der Waals surface area contributed by atoms with Gasteiger partial charge in [0.1, 0.15) is 6.10 Å². The molecule has 0 aromatic rings. The molecule has 186 valence electrons. The summed E-state index contributed by atoms with van der Waals surface area (Å²) in [5.41, 5.74) is 2.90. The highest BCUT2D eigenvalue weighted by Gasteiger charge is 2.71. The van der Waals surface area contributed by atoms with E-state index in [-0.39, 0.29) is 40.3 Å². The molecule has 0 aromatic heterocycles. The van der Waals surface area contributed by atoms with Gasteiger partial charge in [0.05, 0.1) is 18.3 Å². The van der Waals surface area contributed by atoms with Gasteiger partial charge in [0.15, 0.2) is 5.78 Å². The van der Waals surface area contributed by atoms with Crippen molar-refractivity contribution < 1.29 is 19.7 Å². The molecule has 0 bridgehead atoms. The van der Waals surface area contributed by atoms with Crippen molar-refractivity contribution in [1.29, 1.82) is 0 Å². The standard InChI is InChI=1S/C29H46O4/c1-7-21(31)22-16-18(2)29(33-22)15-14-27(5)20-8-9-23-25(3,19(20)10-13-28(27,29)6)12-11-24(32)26(23,4)17-30/h18,22-24,30,32H,7-17H2,1-6H3/t18?,22?,23-,24?,25+,26+,27-,28-,29-/m0/s1. The van der Waals surface area contributed by atoms with E-state index >= 15 is 0 Å². The highest BCUT2D eigenvalue weighted by atomic mass is 16.5. The monoisotopic (exact) mass is 458 g/mol. The number of rotatable bonds is 3. The summed E-state index contributed by atoms with van der Waals surface area (Å²) in [6.45, 7) is 13.9. The second-order valence-electron chi connectivity index (χ2n) is 13.3. The smallest absolute Gasteiger partial charge is 0.161 e. The van der Waals surface area contributed by atoms with Crippen molar-refractivity contribution in [3.05, 3.63) is 11.1 Å². The van der Waals surface area contributed by atoms with Crippen LogP contribution in [0.2, 0.25) is 0 Å². The molecule has 1 saturated heterocycles. The second-order valence-corrected chi connectivity index (χ2v) is 13.3. The van der Waals surface area contributed by atoms with Crippen molar-refractivity contribution in [2.45, 2.75) is 124 Å². The number of Topliss-reactive ketones (excluding diaryl/α,β-unsaturated/α-hetero) is 1. The SMILES string of the molecule is CCC(=O)C1CC(C)[C@]2(CC[C@@]3(C)C4=C(CC[C@@]32C)[C@@]2(C)CCC(O)[C@](C)(CO)[C@H]2CC4)O1. The molecule has 2 N–H and O–H groups in total. The van der Waals surface area contributed by atoms with Crippen LogP contribution < -0.4 is 0 Å². The van der Waals surface area contributed by atoms with E-state index in [9.17, 15) is 15.0 Å². The lowest BCUT2D eigenvalue weighted by Gasteiger charge is -2.63. The number of aliphatic hydroxyl groups is 2. The zero-order chi connectivity index (χ0) is 24.0. The van der Waals surface area contributed by atoms with E-state index in [4.69, 9.17) is 4.74 Å². The first kappa shape index (κ1) is 24.0. The predicted octanol–water partition coefficient (Wildman–Crippen LogP) is 5.60. The average Bonchev–Trinajstić information content (AvgIpc) is 3.26. The Balaban J connectivity index is 1.56. The number of ether oxygens (including phenoxy) is 1. The Labute approximate surface area is 200 Å². The second kappa shape index (κ2) is 7.40. The summed E-state index contributed by atoms with van der Waals surface area (Å²) >= 11 is 0. The van der Waals surface area contributed by atoms with E-state index in [0.29, 0.717) is 18.3 Å². The minimum Gasteiger partial charge on any atom is -0.396 e.